The fourth-order valence-electron chi connectivity index (χ4n) is 4.60. The van der Waals surface area contributed by atoms with Crippen LogP contribution in [0.15, 0.2) is 66.7 Å². The van der Waals surface area contributed by atoms with Gasteiger partial charge in [-0.1, -0.05) is 62.7 Å². The Labute approximate surface area is 229 Å². The molecule has 204 valence electrons. The molecule has 2 heterocycles. The summed E-state index contributed by atoms with van der Waals surface area (Å²) in [7, 11) is 0. The molecule has 39 heavy (non-hydrogen) atoms. The predicted octanol–water partition coefficient (Wildman–Crippen LogP) is 6.03. The van der Waals surface area contributed by atoms with Crippen LogP contribution in [0.1, 0.15) is 38.4 Å². The van der Waals surface area contributed by atoms with Gasteiger partial charge in [-0.3, -0.25) is 5.32 Å². The van der Waals surface area contributed by atoms with E-state index in [0.717, 1.165) is 59.6 Å². The van der Waals surface area contributed by atoms with E-state index in [1.165, 1.54) is 0 Å². The highest BCUT2D eigenvalue weighted by atomic mass is 16.5. The molecular formula is C31H37N5O3. The molecule has 1 unspecified atom stereocenters. The maximum atomic E-state index is 13.2. The number of fused-ring (bicyclic) bond motifs is 1. The van der Waals surface area contributed by atoms with E-state index in [9.17, 15) is 4.79 Å². The summed E-state index contributed by atoms with van der Waals surface area (Å²) >= 11 is 0. The quantitative estimate of drug-likeness (QED) is 0.273. The van der Waals surface area contributed by atoms with E-state index in [2.05, 4.69) is 36.7 Å². The van der Waals surface area contributed by atoms with Crippen molar-refractivity contribution >= 4 is 28.3 Å². The molecule has 8 nitrogen and oxygen atoms in total. The number of nitrogens with one attached hydrogen (secondary N) is 3. The van der Waals surface area contributed by atoms with Crippen LogP contribution in [0.4, 0.5) is 16.3 Å². The molecule has 1 saturated heterocycles. The first kappa shape index (κ1) is 26.7. The van der Waals surface area contributed by atoms with E-state index in [-0.39, 0.29) is 17.6 Å². The minimum atomic E-state index is -0.343. The van der Waals surface area contributed by atoms with Crippen LogP contribution < -0.4 is 20.7 Å². The summed E-state index contributed by atoms with van der Waals surface area (Å²) in [5, 5.41) is 16.0. The summed E-state index contributed by atoms with van der Waals surface area (Å²) in [5.41, 5.74) is 3.46. The van der Waals surface area contributed by atoms with Gasteiger partial charge in [0.2, 0.25) is 0 Å². The molecule has 4 aromatic rings. The molecule has 1 fully saturated rings. The molecule has 0 spiro atoms. The van der Waals surface area contributed by atoms with Crippen LogP contribution in [0.5, 0.6) is 5.75 Å². The largest absolute Gasteiger partial charge is 0.493 e. The maximum Gasteiger partial charge on any atom is 0.324 e. The second kappa shape index (κ2) is 11.5. The average Bonchev–Trinajstić information content (AvgIpc) is 3.35. The minimum absolute atomic E-state index is 0.168. The Balaban J connectivity index is 1.33. The van der Waals surface area contributed by atoms with E-state index in [4.69, 9.17) is 14.6 Å². The Morgan fingerprint density at radius 3 is 2.56 bits per heavy atom. The number of carbonyl (C=O) groups excluding carboxylic acids is 1. The number of urea groups is 1. The van der Waals surface area contributed by atoms with Crippen molar-refractivity contribution in [3.63, 3.8) is 0 Å². The molecule has 1 aliphatic rings. The lowest BCUT2D eigenvalue weighted by Crippen LogP contribution is -2.39. The molecule has 1 atom stereocenters. The Morgan fingerprint density at radius 1 is 1.08 bits per heavy atom. The number of carbonyl (C=O) groups is 1. The molecule has 0 bridgehead atoms. The molecule has 1 aromatic heterocycles. The van der Waals surface area contributed by atoms with Crippen LogP contribution in [0.2, 0.25) is 0 Å². The highest BCUT2D eigenvalue weighted by Gasteiger charge is 2.22. The van der Waals surface area contributed by atoms with E-state index in [1.54, 1.807) is 4.68 Å². The summed E-state index contributed by atoms with van der Waals surface area (Å²) < 4.78 is 13.7. The fraction of sp³-hybridized carbons (Fsp3) is 0.355. The number of benzene rings is 3. The monoisotopic (exact) mass is 527 g/mol. The van der Waals surface area contributed by atoms with Gasteiger partial charge >= 0.3 is 6.03 Å². The number of aryl methyl sites for hydroxylation is 1. The third-order valence-corrected chi connectivity index (χ3v) is 6.83. The van der Waals surface area contributed by atoms with Gasteiger partial charge in [-0.2, -0.15) is 5.10 Å². The fourth-order valence-corrected chi connectivity index (χ4v) is 4.60. The van der Waals surface area contributed by atoms with E-state index in [1.807, 2.05) is 73.7 Å². The highest BCUT2D eigenvalue weighted by Crippen LogP contribution is 2.32. The number of ether oxygens (including phenoxy) is 2. The molecule has 0 radical (unpaired) electrons. The van der Waals surface area contributed by atoms with Gasteiger partial charge in [-0.05, 0) is 31.2 Å². The molecule has 2 amide bonds. The topological polar surface area (TPSA) is 89.4 Å². The van der Waals surface area contributed by atoms with Gasteiger partial charge in [0.15, 0.2) is 0 Å². The van der Waals surface area contributed by atoms with Crippen LogP contribution >= 0.6 is 0 Å². The number of nitrogens with zero attached hydrogens (tertiary/aromatic N) is 2. The standard InChI is InChI=1S/C31H37N5O3/c1-21-9-11-22(12-10-21)36-29(19-28(35-36)31(2,3)4)34-30(37)33-26-13-14-27(25-8-6-5-7-24(25)26)39-17-15-23-20-32-16-18-38-23/h5-14,19,23,32H,15-18,20H2,1-4H3,(H2,33,34,37). The molecule has 0 aliphatic carbocycles. The second-order valence-corrected chi connectivity index (χ2v) is 11.0. The lowest BCUT2D eigenvalue weighted by atomic mass is 9.92. The van der Waals surface area contributed by atoms with Crippen LogP contribution in [0.25, 0.3) is 16.5 Å². The first-order chi connectivity index (χ1) is 18.8. The lowest BCUT2D eigenvalue weighted by molar-refractivity contribution is 0.0160. The Hall–Kier alpha value is -3.88. The highest BCUT2D eigenvalue weighted by molar-refractivity contribution is 6.07. The first-order valence-corrected chi connectivity index (χ1v) is 13.5. The number of rotatable bonds is 7. The Bertz CT molecular complexity index is 1430. The van der Waals surface area contributed by atoms with Crippen molar-refractivity contribution in [3.05, 3.63) is 78.0 Å². The van der Waals surface area contributed by atoms with Crippen LogP contribution in [0, 0.1) is 6.92 Å². The summed E-state index contributed by atoms with van der Waals surface area (Å²) in [4.78, 5) is 13.2. The normalized spacial score (nSPS) is 15.7. The third-order valence-electron chi connectivity index (χ3n) is 6.83. The van der Waals surface area contributed by atoms with Crippen LogP contribution in [0.3, 0.4) is 0 Å². The summed E-state index contributed by atoms with van der Waals surface area (Å²) in [5.74, 6) is 1.39. The van der Waals surface area contributed by atoms with Crippen LogP contribution in [-0.4, -0.2) is 48.2 Å². The van der Waals surface area contributed by atoms with Gasteiger partial charge < -0.3 is 20.1 Å². The molecular weight excluding hydrogens is 490 g/mol. The lowest BCUT2D eigenvalue weighted by Gasteiger charge is -2.23. The van der Waals surface area contributed by atoms with Crippen molar-refractivity contribution in [2.45, 2.75) is 45.6 Å². The van der Waals surface area contributed by atoms with Crippen LogP contribution in [-0.2, 0) is 10.2 Å². The van der Waals surface area contributed by atoms with Crippen molar-refractivity contribution in [2.24, 2.45) is 0 Å². The van der Waals surface area contributed by atoms with Crippen molar-refractivity contribution < 1.29 is 14.3 Å². The minimum Gasteiger partial charge on any atom is -0.493 e. The number of morpholine rings is 1. The zero-order chi connectivity index (χ0) is 27.4. The van der Waals surface area contributed by atoms with E-state index < -0.39 is 0 Å². The number of hydrogen-bond acceptors (Lipinski definition) is 5. The van der Waals surface area contributed by atoms with Gasteiger partial charge in [0.1, 0.15) is 11.6 Å². The Morgan fingerprint density at radius 2 is 1.85 bits per heavy atom. The smallest absolute Gasteiger partial charge is 0.324 e. The molecule has 3 aromatic carbocycles. The Kier molecular flexibility index (Phi) is 7.86. The van der Waals surface area contributed by atoms with Gasteiger partial charge in [0, 0.05) is 41.8 Å². The molecule has 1 aliphatic heterocycles. The summed E-state index contributed by atoms with van der Waals surface area (Å²) in [6, 6.07) is 21.4. The molecule has 0 saturated carbocycles. The van der Waals surface area contributed by atoms with Gasteiger partial charge in [0.25, 0.3) is 0 Å². The first-order valence-electron chi connectivity index (χ1n) is 13.5. The third kappa shape index (κ3) is 6.41. The SMILES string of the molecule is Cc1ccc(-n2nc(C(C)(C)C)cc2NC(=O)Nc2ccc(OCCC3CNCCO3)c3ccccc23)cc1. The molecule has 5 rings (SSSR count). The van der Waals surface area contributed by atoms with E-state index in [0.29, 0.717) is 18.1 Å². The average molecular weight is 528 g/mol. The molecule has 3 N–H and O–H groups in total. The van der Waals surface area contributed by atoms with Crippen molar-refractivity contribution in [1.82, 2.24) is 15.1 Å². The van der Waals surface area contributed by atoms with Crippen molar-refractivity contribution in [1.29, 1.82) is 0 Å². The molecule has 8 heteroatoms. The zero-order valence-electron chi connectivity index (χ0n) is 23.1. The van der Waals surface area contributed by atoms with Gasteiger partial charge in [-0.25, -0.2) is 9.48 Å². The zero-order valence-corrected chi connectivity index (χ0v) is 23.1. The van der Waals surface area contributed by atoms with E-state index >= 15 is 0 Å². The van der Waals surface area contributed by atoms with Crippen molar-refractivity contribution in [3.8, 4) is 11.4 Å². The van der Waals surface area contributed by atoms with Crippen molar-refractivity contribution in [2.75, 3.05) is 36.9 Å². The number of hydrogen-bond donors (Lipinski definition) is 3. The van der Waals surface area contributed by atoms with Gasteiger partial charge in [0.05, 0.1) is 36.4 Å². The maximum absolute atomic E-state index is 13.2. The summed E-state index contributed by atoms with van der Waals surface area (Å²) in [6.07, 6.45) is 0.983. The number of amides is 2. The number of anilines is 2. The number of aromatic nitrogens is 2. The second-order valence-electron chi connectivity index (χ2n) is 11.0. The predicted molar refractivity (Wildman–Crippen MR) is 156 cm³/mol. The summed E-state index contributed by atoms with van der Waals surface area (Å²) in [6.45, 7) is 11.4. The van der Waals surface area contributed by atoms with Gasteiger partial charge in [-0.15, -0.1) is 0 Å².